The number of allylic oxidation sites excluding steroid dienone is 1. The largest absolute Gasteiger partial charge is 0.389 e. The molecule has 1 saturated heterocycles. The smallest absolute Gasteiger partial charge is 0.344 e. The number of amides is 4. The molecule has 0 aromatic carbocycles. The number of halogens is 3. The fourth-order valence-corrected chi connectivity index (χ4v) is 6.29. The summed E-state index contributed by atoms with van der Waals surface area (Å²) in [5.74, 6) is -3.58. The molecule has 3 aliphatic rings. The number of nitrogens with zero attached hydrogens (tertiary/aromatic N) is 1. The highest BCUT2D eigenvalue weighted by molar-refractivity contribution is 7.90. The standard InChI is InChI=1S/C26H40F3N5O6S/c1-3-16(2)41(39,40)33-24(38)25-14-17(25)9-7-5-4-6-8-10-19(31-21(35)11-12-26(27,28)29)23(37)34-15-18(30)13-20(34)22(36)32-25/h7,9,16-20H,3-6,8,10-15,30H2,1-2H3,(H,31,35)(H,32,36)(H,33,38)/b9-7-/t16?,17-,18-,19+,20+,25-/m1/s1. The normalized spacial score (nSPS) is 31.0. The van der Waals surface area contributed by atoms with E-state index in [0.29, 0.717) is 25.7 Å². The molecule has 0 spiro atoms. The lowest BCUT2D eigenvalue weighted by atomic mass is 10.0. The van der Waals surface area contributed by atoms with Crippen LogP contribution in [-0.2, 0) is 29.2 Å². The van der Waals surface area contributed by atoms with Gasteiger partial charge in [-0.1, -0.05) is 31.9 Å². The van der Waals surface area contributed by atoms with Crippen molar-refractivity contribution < 1.29 is 40.8 Å². The second-order valence-corrected chi connectivity index (χ2v) is 13.4. The summed E-state index contributed by atoms with van der Waals surface area (Å²) in [6.07, 6.45) is 0.0969. The molecule has 6 atom stereocenters. The van der Waals surface area contributed by atoms with Gasteiger partial charge in [0.1, 0.15) is 17.6 Å². The number of hydrogen-bond acceptors (Lipinski definition) is 7. The van der Waals surface area contributed by atoms with Crippen LogP contribution in [0.3, 0.4) is 0 Å². The zero-order valence-electron chi connectivity index (χ0n) is 23.3. The minimum Gasteiger partial charge on any atom is -0.344 e. The third-order valence-corrected chi connectivity index (χ3v) is 9.89. The Kier molecular flexibility index (Phi) is 10.5. The second-order valence-electron chi connectivity index (χ2n) is 11.3. The topological polar surface area (TPSA) is 168 Å². The number of sulfonamides is 1. The van der Waals surface area contributed by atoms with E-state index in [9.17, 15) is 40.8 Å². The molecule has 1 unspecified atom stereocenters. The van der Waals surface area contributed by atoms with E-state index >= 15 is 0 Å². The molecule has 3 rings (SSSR count). The molecule has 2 aliphatic heterocycles. The molecule has 1 aliphatic carbocycles. The molecule has 0 aromatic rings. The van der Waals surface area contributed by atoms with Crippen molar-refractivity contribution in [3.8, 4) is 0 Å². The number of carbonyl (C=O) groups excluding carboxylic acids is 4. The summed E-state index contributed by atoms with van der Waals surface area (Å²) in [4.78, 5) is 53.9. The van der Waals surface area contributed by atoms with E-state index in [4.69, 9.17) is 5.73 Å². The van der Waals surface area contributed by atoms with Crippen molar-refractivity contribution in [2.75, 3.05) is 6.54 Å². The third-order valence-electron chi connectivity index (χ3n) is 8.03. The molecule has 41 heavy (non-hydrogen) atoms. The van der Waals surface area contributed by atoms with E-state index < -0.39 is 87.5 Å². The average molecular weight is 608 g/mol. The summed E-state index contributed by atoms with van der Waals surface area (Å²) in [6, 6.07) is -2.86. The third kappa shape index (κ3) is 8.43. The Morgan fingerprint density at radius 3 is 2.61 bits per heavy atom. The Balaban J connectivity index is 1.85. The van der Waals surface area contributed by atoms with Crippen LogP contribution in [0, 0.1) is 5.92 Å². The van der Waals surface area contributed by atoms with Gasteiger partial charge in [-0.25, -0.2) is 8.42 Å². The predicted molar refractivity (Wildman–Crippen MR) is 143 cm³/mol. The molecule has 5 N–H and O–H groups in total. The van der Waals surface area contributed by atoms with Crippen molar-refractivity contribution >= 4 is 33.7 Å². The summed E-state index contributed by atoms with van der Waals surface area (Å²) < 4.78 is 65.2. The average Bonchev–Trinajstić information content (AvgIpc) is 3.44. The Labute approximate surface area is 238 Å². The van der Waals surface area contributed by atoms with Gasteiger partial charge in [0, 0.05) is 24.9 Å². The number of nitrogens with one attached hydrogen (secondary N) is 3. The molecule has 0 radical (unpaired) electrons. The van der Waals surface area contributed by atoms with Crippen LogP contribution < -0.4 is 21.1 Å². The molecule has 15 heteroatoms. The zero-order valence-corrected chi connectivity index (χ0v) is 24.2. The van der Waals surface area contributed by atoms with Gasteiger partial charge >= 0.3 is 6.18 Å². The Morgan fingerprint density at radius 1 is 1.24 bits per heavy atom. The van der Waals surface area contributed by atoms with Crippen molar-refractivity contribution in [2.24, 2.45) is 11.7 Å². The van der Waals surface area contributed by atoms with Crippen LogP contribution in [0.4, 0.5) is 13.2 Å². The zero-order chi connectivity index (χ0) is 30.6. The van der Waals surface area contributed by atoms with E-state index in [1.54, 1.807) is 13.0 Å². The molecule has 2 fully saturated rings. The number of rotatable bonds is 7. The van der Waals surface area contributed by atoms with Crippen LogP contribution in [0.5, 0.6) is 0 Å². The van der Waals surface area contributed by atoms with Gasteiger partial charge in [-0.2, -0.15) is 13.2 Å². The van der Waals surface area contributed by atoms with Gasteiger partial charge in [0.25, 0.3) is 5.91 Å². The van der Waals surface area contributed by atoms with E-state index in [1.807, 2.05) is 6.08 Å². The lowest BCUT2D eigenvalue weighted by molar-refractivity contribution is -0.146. The van der Waals surface area contributed by atoms with Crippen molar-refractivity contribution in [3.63, 3.8) is 0 Å². The number of nitrogens with two attached hydrogens (primary N) is 1. The molecular formula is C26H40F3N5O6S. The maximum Gasteiger partial charge on any atom is 0.389 e. The van der Waals surface area contributed by atoms with Gasteiger partial charge in [-0.05, 0) is 45.4 Å². The second kappa shape index (κ2) is 13.1. The first kappa shape index (κ1) is 32.8. The van der Waals surface area contributed by atoms with Crippen LogP contribution in [-0.4, -0.2) is 78.6 Å². The highest BCUT2D eigenvalue weighted by atomic mass is 32.2. The number of fused-ring (bicyclic) bond motifs is 2. The lowest BCUT2D eigenvalue weighted by Crippen LogP contribution is -2.58. The van der Waals surface area contributed by atoms with Gasteiger partial charge in [0.2, 0.25) is 27.7 Å². The highest BCUT2D eigenvalue weighted by Crippen LogP contribution is 2.45. The molecule has 2 heterocycles. The van der Waals surface area contributed by atoms with Gasteiger partial charge in [0.05, 0.1) is 11.7 Å². The SMILES string of the molecule is CCC(C)S(=O)(=O)NC(=O)[C@@]12C[C@H]1/C=C\CCCCC[C@H](NC(=O)CCC(F)(F)F)C(=O)N1C[C@H](N)C[C@H]1C(=O)N2. The molecule has 1 saturated carbocycles. The summed E-state index contributed by atoms with van der Waals surface area (Å²) in [5.41, 5.74) is 4.56. The van der Waals surface area contributed by atoms with Crippen molar-refractivity contribution in [2.45, 2.75) is 113 Å². The predicted octanol–water partition coefficient (Wildman–Crippen LogP) is 1.38. The first-order chi connectivity index (χ1) is 19.1. The van der Waals surface area contributed by atoms with E-state index in [2.05, 4.69) is 15.4 Å². The molecule has 0 bridgehead atoms. The number of hydrogen-bond donors (Lipinski definition) is 4. The van der Waals surface area contributed by atoms with E-state index in [0.717, 1.165) is 0 Å². The van der Waals surface area contributed by atoms with Gasteiger partial charge in [-0.15, -0.1) is 0 Å². The summed E-state index contributed by atoms with van der Waals surface area (Å²) in [6.45, 7) is 3.10. The number of alkyl halides is 3. The Hall–Kier alpha value is -2.68. The van der Waals surface area contributed by atoms with Crippen LogP contribution in [0.25, 0.3) is 0 Å². The van der Waals surface area contributed by atoms with Crippen LogP contribution >= 0.6 is 0 Å². The minimum absolute atomic E-state index is 0.0310. The fraction of sp³-hybridized carbons (Fsp3) is 0.769. The minimum atomic E-state index is -4.53. The van der Waals surface area contributed by atoms with Crippen LogP contribution in [0.2, 0.25) is 0 Å². The van der Waals surface area contributed by atoms with E-state index in [-0.39, 0.29) is 32.2 Å². The maximum absolute atomic E-state index is 13.6. The van der Waals surface area contributed by atoms with Crippen LogP contribution in [0.15, 0.2) is 12.2 Å². The molecule has 232 valence electrons. The Morgan fingerprint density at radius 2 is 1.95 bits per heavy atom. The van der Waals surface area contributed by atoms with Gasteiger partial charge < -0.3 is 21.3 Å². The van der Waals surface area contributed by atoms with E-state index in [1.165, 1.54) is 11.8 Å². The highest BCUT2D eigenvalue weighted by Gasteiger charge is 2.61. The first-order valence-electron chi connectivity index (χ1n) is 14.1. The number of carbonyl (C=O) groups is 4. The monoisotopic (exact) mass is 607 g/mol. The summed E-state index contributed by atoms with van der Waals surface area (Å²) in [7, 11) is -3.99. The molecular weight excluding hydrogens is 567 g/mol. The molecule has 11 nitrogen and oxygen atoms in total. The first-order valence-corrected chi connectivity index (χ1v) is 15.6. The fourth-order valence-electron chi connectivity index (χ4n) is 5.21. The quantitative estimate of drug-likeness (QED) is 0.317. The molecule has 0 aromatic heterocycles. The van der Waals surface area contributed by atoms with Crippen molar-refractivity contribution in [1.29, 1.82) is 0 Å². The van der Waals surface area contributed by atoms with Gasteiger partial charge in [0.15, 0.2) is 0 Å². The van der Waals surface area contributed by atoms with Gasteiger partial charge in [-0.3, -0.25) is 23.9 Å². The summed E-state index contributed by atoms with van der Waals surface area (Å²) >= 11 is 0. The molecule has 4 amide bonds. The maximum atomic E-state index is 13.6. The van der Waals surface area contributed by atoms with Crippen LogP contribution in [0.1, 0.15) is 78.1 Å². The lowest BCUT2D eigenvalue weighted by Gasteiger charge is -2.30. The van der Waals surface area contributed by atoms with Crippen molar-refractivity contribution in [3.05, 3.63) is 12.2 Å². The van der Waals surface area contributed by atoms with Crippen molar-refractivity contribution in [1.82, 2.24) is 20.3 Å². The Bertz CT molecular complexity index is 1150. The summed E-state index contributed by atoms with van der Waals surface area (Å²) in [5, 5.41) is 4.27.